The quantitative estimate of drug-likeness (QED) is 0.844. The van der Waals surface area contributed by atoms with Crippen LogP contribution >= 0.6 is 0 Å². The van der Waals surface area contributed by atoms with E-state index in [0.717, 1.165) is 19.5 Å². The fourth-order valence-corrected chi connectivity index (χ4v) is 3.47. The third kappa shape index (κ3) is 4.68. The SMILES string of the molecule is O=C(NCCc1ccccc1F)N1CCCN([C@H]2COC[C@@H]2O)CC1. The zero-order valence-corrected chi connectivity index (χ0v) is 14.4. The van der Waals surface area contributed by atoms with Crippen molar-refractivity contribution in [1.29, 1.82) is 0 Å². The van der Waals surface area contributed by atoms with Gasteiger partial charge in [0.15, 0.2) is 0 Å². The number of aliphatic hydroxyl groups excluding tert-OH is 1. The summed E-state index contributed by atoms with van der Waals surface area (Å²) < 4.78 is 18.9. The highest BCUT2D eigenvalue weighted by molar-refractivity contribution is 5.74. The standard InChI is InChI=1S/C18H26FN3O3/c19-15-5-2-1-4-14(15)6-7-20-18(24)22-9-3-8-21(10-11-22)16-12-25-13-17(16)23/h1-2,4-5,16-17,23H,3,6-13H2,(H,20,24)/t16-,17-/m0/s1. The summed E-state index contributed by atoms with van der Waals surface area (Å²) in [7, 11) is 0. The van der Waals surface area contributed by atoms with Gasteiger partial charge in [-0.2, -0.15) is 0 Å². The van der Waals surface area contributed by atoms with Gasteiger partial charge < -0.3 is 20.1 Å². The molecule has 2 fully saturated rings. The lowest BCUT2D eigenvalue weighted by Crippen LogP contribution is -2.46. The van der Waals surface area contributed by atoms with Crippen LogP contribution in [0.4, 0.5) is 9.18 Å². The Hall–Kier alpha value is -1.70. The zero-order valence-electron chi connectivity index (χ0n) is 14.4. The van der Waals surface area contributed by atoms with Crippen molar-refractivity contribution in [1.82, 2.24) is 15.1 Å². The molecule has 2 heterocycles. The van der Waals surface area contributed by atoms with Crippen molar-refractivity contribution in [3.63, 3.8) is 0 Å². The van der Waals surface area contributed by atoms with Gasteiger partial charge in [-0.25, -0.2) is 9.18 Å². The third-order valence-electron chi connectivity index (χ3n) is 4.94. The predicted octanol–water partition coefficient (Wildman–Crippen LogP) is 0.845. The van der Waals surface area contributed by atoms with Gasteiger partial charge in [0.2, 0.25) is 0 Å². The van der Waals surface area contributed by atoms with Gasteiger partial charge in [0, 0.05) is 32.7 Å². The molecule has 0 aliphatic carbocycles. The van der Waals surface area contributed by atoms with Crippen molar-refractivity contribution >= 4 is 6.03 Å². The Balaban J connectivity index is 1.44. The van der Waals surface area contributed by atoms with Gasteiger partial charge in [0.25, 0.3) is 0 Å². The van der Waals surface area contributed by atoms with E-state index in [9.17, 15) is 14.3 Å². The summed E-state index contributed by atoms with van der Waals surface area (Å²) in [5.41, 5.74) is 0.611. The minimum absolute atomic E-state index is 0.0315. The first-order chi connectivity index (χ1) is 12.1. The minimum Gasteiger partial charge on any atom is -0.389 e. The number of benzene rings is 1. The lowest BCUT2D eigenvalue weighted by atomic mass is 10.1. The lowest BCUT2D eigenvalue weighted by Gasteiger charge is -2.28. The van der Waals surface area contributed by atoms with Gasteiger partial charge in [0.1, 0.15) is 5.82 Å². The van der Waals surface area contributed by atoms with Crippen LogP contribution in [-0.4, -0.2) is 79.0 Å². The van der Waals surface area contributed by atoms with Crippen LogP contribution in [-0.2, 0) is 11.2 Å². The first-order valence-electron chi connectivity index (χ1n) is 8.91. The molecule has 0 bridgehead atoms. The Morgan fingerprint density at radius 1 is 1.24 bits per heavy atom. The first-order valence-corrected chi connectivity index (χ1v) is 8.91. The largest absolute Gasteiger partial charge is 0.389 e. The summed E-state index contributed by atoms with van der Waals surface area (Å²) >= 11 is 0. The van der Waals surface area contributed by atoms with E-state index < -0.39 is 6.10 Å². The van der Waals surface area contributed by atoms with E-state index >= 15 is 0 Å². The summed E-state index contributed by atoms with van der Waals surface area (Å²) in [5.74, 6) is -0.237. The van der Waals surface area contributed by atoms with Gasteiger partial charge >= 0.3 is 6.03 Å². The molecule has 7 heteroatoms. The third-order valence-corrected chi connectivity index (χ3v) is 4.94. The predicted molar refractivity (Wildman–Crippen MR) is 91.9 cm³/mol. The van der Waals surface area contributed by atoms with E-state index in [4.69, 9.17) is 4.74 Å². The fourth-order valence-electron chi connectivity index (χ4n) is 3.47. The molecule has 138 valence electrons. The van der Waals surface area contributed by atoms with Crippen molar-refractivity contribution in [2.45, 2.75) is 25.0 Å². The molecular weight excluding hydrogens is 325 g/mol. The van der Waals surface area contributed by atoms with Crippen molar-refractivity contribution in [2.24, 2.45) is 0 Å². The number of rotatable bonds is 4. The molecule has 6 nitrogen and oxygen atoms in total. The summed E-state index contributed by atoms with van der Waals surface area (Å²) in [5, 5.41) is 12.8. The smallest absolute Gasteiger partial charge is 0.317 e. The van der Waals surface area contributed by atoms with E-state index in [-0.39, 0.29) is 17.9 Å². The zero-order chi connectivity index (χ0) is 17.6. The molecule has 2 N–H and O–H groups in total. The fraction of sp³-hybridized carbons (Fsp3) is 0.611. The number of halogens is 1. The Kier molecular flexibility index (Phi) is 6.23. The van der Waals surface area contributed by atoms with Crippen LogP contribution in [0.15, 0.2) is 24.3 Å². The van der Waals surface area contributed by atoms with Gasteiger partial charge in [0.05, 0.1) is 25.4 Å². The maximum atomic E-state index is 13.6. The van der Waals surface area contributed by atoms with Crippen molar-refractivity contribution in [3.05, 3.63) is 35.6 Å². The Labute approximate surface area is 147 Å². The maximum Gasteiger partial charge on any atom is 0.317 e. The molecule has 2 saturated heterocycles. The first kappa shape index (κ1) is 18.1. The van der Waals surface area contributed by atoms with Crippen LogP contribution in [0, 0.1) is 5.82 Å². The van der Waals surface area contributed by atoms with Gasteiger partial charge in [-0.3, -0.25) is 4.90 Å². The molecule has 0 aromatic heterocycles. The van der Waals surface area contributed by atoms with E-state index in [0.29, 0.717) is 44.8 Å². The molecule has 1 aromatic rings. The second kappa shape index (κ2) is 8.60. The molecule has 1 aromatic carbocycles. The molecule has 0 saturated carbocycles. The molecule has 0 unspecified atom stereocenters. The summed E-state index contributed by atoms with van der Waals surface area (Å²) in [6.45, 7) is 4.24. The number of ether oxygens (including phenoxy) is 1. The van der Waals surface area contributed by atoms with Crippen molar-refractivity contribution < 1.29 is 19.0 Å². The normalized spacial score (nSPS) is 25.0. The molecular formula is C18H26FN3O3. The van der Waals surface area contributed by atoms with Crippen LogP contribution in [0.1, 0.15) is 12.0 Å². The molecule has 0 spiro atoms. The lowest BCUT2D eigenvalue weighted by molar-refractivity contribution is 0.0844. The highest BCUT2D eigenvalue weighted by Gasteiger charge is 2.33. The molecule has 2 aliphatic heterocycles. The van der Waals surface area contributed by atoms with Crippen molar-refractivity contribution in [2.75, 3.05) is 45.9 Å². The second-order valence-corrected chi connectivity index (χ2v) is 6.62. The minimum atomic E-state index is -0.443. The Bertz CT molecular complexity index is 586. The van der Waals surface area contributed by atoms with Crippen LogP contribution in [0.2, 0.25) is 0 Å². The van der Waals surface area contributed by atoms with E-state index in [1.165, 1.54) is 6.07 Å². The average molecular weight is 351 g/mol. The van der Waals surface area contributed by atoms with Crippen molar-refractivity contribution in [3.8, 4) is 0 Å². The van der Waals surface area contributed by atoms with E-state index in [2.05, 4.69) is 10.2 Å². The second-order valence-electron chi connectivity index (χ2n) is 6.62. The molecule has 2 atom stereocenters. The summed E-state index contributed by atoms with van der Waals surface area (Å²) in [6.07, 6.45) is 0.898. The average Bonchev–Trinajstić information content (AvgIpc) is 2.89. The number of hydrogen-bond donors (Lipinski definition) is 2. The molecule has 3 rings (SSSR count). The van der Waals surface area contributed by atoms with Crippen LogP contribution in [0.3, 0.4) is 0 Å². The molecule has 25 heavy (non-hydrogen) atoms. The van der Waals surface area contributed by atoms with Crippen LogP contribution < -0.4 is 5.32 Å². The Morgan fingerprint density at radius 2 is 2.08 bits per heavy atom. The highest BCUT2D eigenvalue weighted by atomic mass is 19.1. The molecule has 0 radical (unpaired) electrons. The monoisotopic (exact) mass is 351 g/mol. The van der Waals surface area contributed by atoms with E-state index in [1.54, 1.807) is 23.1 Å². The van der Waals surface area contributed by atoms with E-state index in [1.807, 2.05) is 0 Å². The number of carbonyl (C=O) groups excluding carboxylic acids is 1. The summed E-state index contributed by atoms with van der Waals surface area (Å²) in [4.78, 5) is 16.4. The Morgan fingerprint density at radius 3 is 2.84 bits per heavy atom. The highest BCUT2D eigenvalue weighted by Crippen LogP contribution is 2.16. The molecule has 2 amide bonds. The summed E-state index contributed by atoms with van der Waals surface area (Å²) in [6, 6.07) is 6.55. The number of urea groups is 1. The van der Waals surface area contributed by atoms with Gasteiger partial charge in [-0.05, 0) is 24.5 Å². The number of hydrogen-bond acceptors (Lipinski definition) is 4. The number of amides is 2. The topological polar surface area (TPSA) is 65.0 Å². The van der Waals surface area contributed by atoms with Gasteiger partial charge in [-0.1, -0.05) is 18.2 Å². The number of aliphatic hydroxyl groups is 1. The number of nitrogens with zero attached hydrogens (tertiary/aromatic N) is 2. The maximum absolute atomic E-state index is 13.6. The van der Waals surface area contributed by atoms with Crippen LogP contribution in [0.5, 0.6) is 0 Å². The number of carbonyl (C=O) groups is 1. The number of nitrogens with one attached hydrogen (secondary N) is 1. The van der Waals surface area contributed by atoms with Crippen LogP contribution in [0.25, 0.3) is 0 Å². The van der Waals surface area contributed by atoms with Gasteiger partial charge in [-0.15, -0.1) is 0 Å². The molecule has 2 aliphatic rings.